The first-order valence-electron chi connectivity index (χ1n) is 7.84. The zero-order chi connectivity index (χ0) is 17.6. The normalized spacial score (nSPS) is 10.3. The van der Waals surface area contributed by atoms with E-state index in [9.17, 15) is 4.79 Å². The van der Waals surface area contributed by atoms with E-state index in [0.29, 0.717) is 29.4 Å². The number of para-hydroxylation sites is 1. The molecule has 0 unspecified atom stereocenters. The number of furan rings is 1. The molecule has 3 rings (SSSR count). The summed E-state index contributed by atoms with van der Waals surface area (Å²) in [4.78, 5) is 14.8. The molecule has 0 atom stereocenters. The number of carbonyl (C=O) groups is 1. The number of ether oxygens (including phenoxy) is 2. The quantitative estimate of drug-likeness (QED) is 0.678. The van der Waals surface area contributed by atoms with Crippen molar-refractivity contribution in [2.45, 2.75) is 6.54 Å². The SMILES string of the molecule is COc1ccc(C(=O)N(Cc2ccco2)c2ccccc2)cc1OC. The number of hydrogen-bond acceptors (Lipinski definition) is 4. The molecule has 2 aromatic carbocycles. The van der Waals surface area contributed by atoms with Crippen molar-refractivity contribution in [1.29, 1.82) is 0 Å². The summed E-state index contributed by atoms with van der Waals surface area (Å²) in [6, 6.07) is 18.3. The minimum atomic E-state index is -0.149. The number of amides is 1. The number of nitrogens with zero attached hydrogens (tertiary/aromatic N) is 1. The number of benzene rings is 2. The Labute approximate surface area is 146 Å². The van der Waals surface area contributed by atoms with Gasteiger partial charge in [-0.05, 0) is 42.5 Å². The van der Waals surface area contributed by atoms with Crippen molar-refractivity contribution in [2.24, 2.45) is 0 Å². The van der Waals surface area contributed by atoms with Gasteiger partial charge in [0.05, 0.1) is 27.0 Å². The second kappa shape index (κ2) is 7.57. The Morgan fingerprint density at radius 1 is 0.960 bits per heavy atom. The Bertz CT molecular complexity index is 828. The maximum Gasteiger partial charge on any atom is 0.258 e. The van der Waals surface area contributed by atoms with Crippen LogP contribution >= 0.6 is 0 Å². The molecule has 0 saturated carbocycles. The first-order valence-corrected chi connectivity index (χ1v) is 7.84. The smallest absolute Gasteiger partial charge is 0.258 e. The van der Waals surface area contributed by atoms with E-state index >= 15 is 0 Å². The van der Waals surface area contributed by atoms with Crippen molar-refractivity contribution in [3.8, 4) is 11.5 Å². The van der Waals surface area contributed by atoms with Gasteiger partial charge in [-0.3, -0.25) is 4.79 Å². The Kier molecular flexibility index (Phi) is 5.04. The van der Waals surface area contributed by atoms with Crippen LogP contribution in [0.2, 0.25) is 0 Å². The van der Waals surface area contributed by atoms with Gasteiger partial charge in [-0.1, -0.05) is 18.2 Å². The van der Waals surface area contributed by atoms with Gasteiger partial charge in [-0.25, -0.2) is 0 Å². The third kappa shape index (κ3) is 3.66. The highest BCUT2D eigenvalue weighted by Gasteiger charge is 2.20. The van der Waals surface area contributed by atoms with E-state index in [1.165, 1.54) is 0 Å². The summed E-state index contributed by atoms with van der Waals surface area (Å²) in [7, 11) is 3.11. The zero-order valence-electron chi connectivity index (χ0n) is 14.1. The second-order valence-electron chi connectivity index (χ2n) is 5.38. The van der Waals surface area contributed by atoms with E-state index in [0.717, 1.165) is 5.69 Å². The molecule has 0 aliphatic rings. The van der Waals surface area contributed by atoms with Gasteiger partial charge in [0, 0.05) is 11.3 Å². The molecule has 5 nitrogen and oxygen atoms in total. The summed E-state index contributed by atoms with van der Waals surface area (Å²) in [6.45, 7) is 0.337. The molecule has 128 valence electrons. The van der Waals surface area contributed by atoms with Gasteiger partial charge in [-0.2, -0.15) is 0 Å². The predicted octanol–water partition coefficient (Wildman–Crippen LogP) is 4.14. The van der Waals surface area contributed by atoms with Crippen LogP contribution in [0.1, 0.15) is 16.1 Å². The van der Waals surface area contributed by atoms with Crippen LogP contribution in [0.15, 0.2) is 71.3 Å². The zero-order valence-corrected chi connectivity index (χ0v) is 14.1. The molecule has 0 aliphatic heterocycles. The first-order chi connectivity index (χ1) is 12.2. The Balaban J connectivity index is 1.96. The summed E-state index contributed by atoms with van der Waals surface area (Å²) in [5.41, 5.74) is 1.30. The summed E-state index contributed by atoms with van der Waals surface area (Å²) in [5.74, 6) is 1.65. The molecule has 1 heterocycles. The topological polar surface area (TPSA) is 51.9 Å². The van der Waals surface area contributed by atoms with Crippen LogP contribution < -0.4 is 14.4 Å². The van der Waals surface area contributed by atoms with E-state index in [1.54, 1.807) is 49.6 Å². The molecule has 0 saturated heterocycles. The summed E-state index contributed by atoms with van der Waals surface area (Å²) >= 11 is 0. The lowest BCUT2D eigenvalue weighted by Gasteiger charge is -2.22. The van der Waals surface area contributed by atoms with Crippen LogP contribution in [0.4, 0.5) is 5.69 Å². The summed E-state index contributed by atoms with van der Waals surface area (Å²) in [6.07, 6.45) is 1.60. The van der Waals surface area contributed by atoms with Gasteiger partial charge in [0.15, 0.2) is 11.5 Å². The molecule has 0 radical (unpaired) electrons. The van der Waals surface area contributed by atoms with Gasteiger partial charge in [0.2, 0.25) is 0 Å². The fraction of sp³-hybridized carbons (Fsp3) is 0.150. The van der Waals surface area contributed by atoms with Crippen molar-refractivity contribution >= 4 is 11.6 Å². The lowest BCUT2D eigenvalue weighted by atomic mass is 10.1. The van der Waals surface area contributed by atoms with E-state index in [4.69, 9.17) is 13.9 Å². The van der Waals surface area contributed by atoms with E-state index in [-0.39, 0.29) is 5.91 Å². The fourth-order valence-corrected chi connectivity index (χ4v) is 2.57. The van der Waals surface area contributed by atoms with E-state index < -0.39 is 0 Å². The fourth-order valence-electron chi connectivity index (χ4n) is 2.57. The molecule has 0 spiro atoms. The van der Waals surface area contributed by atoms with Crippen molar-refractivity contribution in [3.05, 3.63) is 78.3 Å². The second-order valence-corrected chi connectivity index (χ2v) is 5.38. The lowest BCUT2D eigenvalue weighted by Crippen LogP contribution is -2.30. The molecule has 1 aromatic heterocycles. The van der Waals surface area contributed by atoms with Crippen LogP contribution in [0.5, 0.6) is 11.5 Å². The maximum absolute atomic E-state index is 13.1. The molecule has 0 fully saturated rings. The highest BCUT2D eigenvalue weighted by atomic mass is 16.5. The van der Waals surface area contributed by atoms with Crippen molar-refractivity contribution in [3.63, 3.8) is 0 Å². The summed E-state index contributed by atoms with van der Waals surface area (Å²) < 4.78 is 16.0. The van der Waals surface area contributed by atoms with Gasteiger partial charge in [0.25, 0.3) is 5.91 Å². The molecule has 0 bridgehead atoms. The van der Waals surface area contributed by atoms with Crippen LogP contribution in [0, 0.1) is 0 Å². The van der Waals surface area contributed by atoms with Gasteiger partial charge >= 0.3 is 0 Å². The molecular weight excluding hydrogens is 318 g/mol. The highest BCUT2D eigenvalue weighted by molar-refractivity contribution is 6.06. The number of methoxy groups -OCH3 is 2. The third-order valence-electron chi connectivity index (χ3n) is 3.84. The van der Waals surface area contributed by atoms with Crippen molar-refractivity contribution in [1.82, 2.24) is 0 Å². The molecular formula is C20H19NO4. The van der Waals surface area contributed by atoms with E-state index in [1.807, 2.05) is 36.4 Å². The van der Waals surface area contributed by atoms with E-state index in [2.05, 4.69) is 0 Å². The maximum atomic E-state index is 13.1. The van der Waals surface area contributed by atoms with Crippen molar-refractivity contribution < 1.29 is 18.7 Å². The molecule has 25 heavy (non-hydrogen) atoms. The number of anilines is 1. The molecule has 3 aromatic rings. The Hall–Kier alpha value is -3.21. The first kappa shape index (κ1) is 16.6. The Morgan fingerprint density at radius 3 is 2.36 bits per heavy atom. The lowest BCUT2D eigenvalue weighted by molar-refractivity contribution is 0.0983. The van der Waals surface area contributed by atoms with Crippen LogP contribution in [0.3, 0.4) is 0 Å². The third-order valence-corrected chi connectivity index (χ3v) is 3.84. The highest BCUT2D eigenvalue weighted by Crippen LogP contribution is 2.29. The van der Waals surface area contributed by atoms with Crippen molar-refractivity contribution in [2.75, 3.05) is 19.1 Å². The minimum absolute atomic E-state index is 0.149. The summed E-state index contributed by atoms with van der Waals surface area (Å²) in [5, 5.41) is 0. The number of hydrogen-bond donors (Lipinski definition) is 0. The number of carbonyl (C=O) groups excluding carboxylic acids is 1. The molecule has 0 aliphatic carbocycles. The largest absolute Gasteiger partial charge is 0.493 e. The standard InChI is InChI=1S/C20H19NO4/c1-23-18-11-10-15(13-19(18)24-2)20(22)21(14-17-9-6-12-25-17)16-7-4-3-5-8-16/h3-13H,14H2,1-2H3. The Morgan fingerprint density at radius 2 is 1.72 bits per heavy atom. The van der Waals surface area contributed by atoms with Crippen LogP contribution in [0.25, 0.3) is 0 Å². The van der Waals surface area contributed by atoms with Gasteiger partial charge in [0.1, 0.15) is 5.76 Å². The molecule has 1 amide bonds. The van der Waals surface area contributed by atoms with Crippen LogP contribution in [-0.2, 0) is 6.54 Å². The van der Waals surface area contributed by atoms with Crippen LogP contribution in [-0.4, -0.2) is 20.1 Å². The molecule has 0 N–H and O–H groups in total. The van der Waals surface area contributed by atoms with Gasteiger partial charge < -0.3 is 18.8 Å². The average Bonchev–Trinajstić information content (AvgIpc) is 3.19. The average molecular weight is 337 g/mol. The monoisotopic (exact) mass is 337 g/mol. The number of rotatable bonds is 6. The van der Waals surface area contributed by atoms with Gasteiger partial charge in [-0.15, -0.1) is 0 Å². The molecule has 5 heteroatoms. The predicted molar refractivity (Wildman–Crippen MR) is 95.2 cm³/mol. The minimum Gasteiger partial charge on any atom is -0.493 e.